The molecule has 2 aliphatic heterocycles. The highest BCUT2D eigenvalue weighted by Gasteiger charge is 2.46. The largest absolute Gasteiger partial charge is 0.480 e. The van der Waals surface area contributed by atoms with Crippen molar-refractivity contribution < 1.29 is 24.9 Å². The molecule has 0 bridgehead atoms. The minimum absolute atomic E-state index is 0.0634. The number of carboxylic acids is 1. The first kappa shape index (κ1) is 21.1. The zero-order valence-corrected chi connectivity index (χ0v) is 17.9. The van der Waals surface area contributed by atoms with Crippen LogP contribution in [0.5, 0.6) is 0 Å². The van der Waals surface area contributed by atoms with Gasteiger partial charge in [-0.3, -0.25) is 0 Å². The second kappa shape index (κ2) is 8.00. The molecule has 11 nitrogen and oxygen atoms in total. The molecule has 32 heavy (non-hydrogen) atoms. The second-order valence-electron chi connectivity index (χ2n) is 8.36. The number of fused-ring (bicyclic) bond motifs is 1. The van der Waals surface area contributed by atoms with E-state index in [-0.39, 0.29) is 12.1 Å². The van der Waals surface area contributed by atoms with Gasteiger partial charge >= 0.3 is 5.97 Å². The minimum Gasteiger partial charge on any atom is -0.480 e. The summed E-state index contributed by atoms with van der Waals surface area (Å²) >= 11 is 6.36. The van der Waals surface area contributed by atoms with Crippen LogP contribution >= 0.6 is 11.6 Å². The summed E-state index contributed by atoms with van der Waals surface area (Å²) in [6, 6.07) is 0.903. The Kier molecular flexibility index (Phi) is 5.28. The average molecular weight is 463 g/mol. The third kappa shape index (κ3) is 3.81. The van der Waals surface area contributed by atoms with Gasteiger partial charge in [-0.25, -0.2) is 19.4 Å². The molecule has 6 atom stereocenters. The van der Waals surface area contributed by atoms with E-state index >= 15 is 0 Å². The molecule has 0 spiro atoms. The Balaban J connectivity index is 1.34. The Bertz CT molecular complexity index is 1080. The normalized spacial score (nSPS) is 29.6. The number of carbonyl (C=O) groups is 1. The number of hydrogen-bond donors (Lipinski definition) is 4. The van der Waals surface area contributed by atoms with Crippen LogP contribution < -0.4 is 5.32 Å². The molecule has 0 radical (unpaired) electrons. The van der Waals surface area contributed by atoms with E-state index < -0.39 is 24.5 Å². The molecule has 1 saturated carbocycles. The quantitative estimate of drug-likeness (QED) is 0.468. The van der Waals surface area contributed by atoms with Crippen LogP contribution in [0, 0.1) is 5.92 Å². The van der Waals surface area contributed by atoms with Crippen LogP contribution in [0.1, 0.15) is 38.1 Å². The van der Waals surface area contributed by atoms with E-state index in [1.807, 2.05) is 0 Å². The van der Waals surface area contributed by atoms with Crippen molar-refractivity contribution in [1.82, 2.24) is 19.5 Å². The van der Waals surface area contributed by atoms with Crippen LogP contribution in [0.25, 0.3) is 11.3 Å². The third-order valence-electron chi connectivity index (χ3n) is 6.28. The first-order chi connectivity index (χ1) is 15.3. The summed E-state index contributed by atoms with van der Waals surface area (Å²) in [5.41, 5.74) is 1.50. The molecule has 0 aromatic carbocycles. The standard InChI is InChI=1S/C20H23ClN6O5/c1-9(18(29)30)26-8-23-27-7-11(5-14(27)17(26)28)15-13(21)6-22-20(25-15)24-12-3-2-10(4-12)16-19(31)32-16/h5-10,12,16-17,19,28,31H,2-4H2,1H3,(H,29,30)(H,22,24,25)/t9?,10-,12+,16?,17?,19?/m1/s1. The number of aliphatic carboxylic acids is 1. The molecule has 2 fully saturated rings. The van der Waals surface area contributed by atoms with E-state index in [2.05, 4.69) is 20.4 Å². The molecule has 1 aliphatic carbocycles. The highest BCUT2D eigenvalue weighted by molar-refractivity contribution is 6.32. The number of nitrogens with one attached hydrogen (secondary N) is 1. The maximum absolute atomic E-state index is 11.3. The highest BCUT2D eigenvalue weighted by atomic mass is 35.5. The van der Waals surface area contributed by atoms with Gasteiger partial charge in [0.15, 0.2) is 12.5 Å². The van der Waals surface area contributed by atoms with Crippen LogP contribution in [-0.2, 0) is 9.53 Å². The molecule has 3 aliphatic rings. The van der Waals surface area contributed by atoms with E-state index in [0.29, 0.717) is 33.8 Å². The smallest absolute Gasteiger partial charge is 0.326 e. The fraction of sp³-hybridized carbons (Fsp3) is 0.500. The Morgan fingerprint density at radius 2 is 2.16 bits per heavy atom. The van der Waals surface area contributed by atoms with Crippen LogP contribution in [0.3, 0.4) is 0 Å². The van der Waals surface area contributed by atoms with Crippen molar-refractivity contribution in [1.29, 1.82) is 0 Å². The van der Waals surface area contributed by atoms with Crippen LogP contribution in [-0.4, -0.2) is 71.6 Å². The molecule has 4 N–H and O–H groups in total. The van der Waals surface area contributed by atoms with E-state index in [9.17, 15) is 20.1 Å². The lowest BCUT2D eigenvalue weighted by Gasteiger charge is -2.31. The van der Waals surface area contributed by atoms with Crippen LogP contribution in [0.4, 0.5) is 5.95 Å². The number of aliphatic hydroxyl groups is 2. The van der Waals surface area contributed by atoms with Crippen molar-refractivity contribution in [2.45, 2.75) is 56.9 Å². The van der Waals surface area contributed by atoms with Crippen LogP contribution in [0.2, 0.25) is 5.02 Å². The fourth-order valence-corrected chi connectivity index (χ4v) is 4.59. The number of epoxide rings is 1. The summed E-state index contributed by atoms with van der Waals surface area (Å²) in [4.78, 5) is 21.4. The van der Waals surface area contributed by atoms with E-state index in [0.717, 1.165) is 19.3 Å². The van der Waals surface area contributed by atoms with Gasteiger partial charge in [-0.15, -0.1) is 0 Å². The number of aromatic nitrogens is 3. The SMILES string of the molecule is CC(C(=O)O)N1C=Nn2cc(-c3nc(N[C@H]4CC[C@@H](C5OC5O)C4)ncc3Cl)cc2C1O. The minimum atomic E-state index is -1.18. The number of halogens is 1. The zero-order valence-electron chi connectivity index (χ0n) is 17.2. The average Bonchev–Trinajstić information content (AvgIpc) is 3.15. The topological polar surface area (TPSA) is 149 Å². The van der Waals surface area contributed by atoms with Gasteiger partial charge in [-0.05, 0) is 38.2 Å². The summed E-state index contributed by atoms with van der Waals surface area (Å²) in [5.74, 6) is -0.313. The maximum atomic E-state index is 11.3. The molecule has 5 rings (SSSR count). The Hall–Kier alpha value is -2.73. The molecule has 170 valence electrons. The number of hydrogen-bond acceptors (Lipinski definition) is 9. The van der Waals surface area contributed by atoms with Gasteiger partial charge in [0, 0.05) is 17.8 Å². The molecule has 1 saturated heterocycles. The monoisotopic (exact) mass is 462 g/mol. The summed E-state index contributed by atoms with van der Waals surface area (Å²) in [7, 11) is 0. The number of carboxylic acid groups (broad SMARTS) is 1. The van der Waals surface area contributed by atoms with Gasteiger partial charge < -0.3 is 30.3 Å². The van der Waals surface area contributed by atoms with Crippen molar-refractivity contribution >= 4 is 29.9 Å². The van der Waals surface area contributed by atoms with Crippen LogP contribution in [0.15, 0.2) is 23.6 Å². The van der Waals surface area contributed by atoms with Gasteiger partial charge in [0.1, 0.15) is 18.5 Å². The van der Waals surface area contributed by atoms with E-state index in [4.69, 9.17) is 16.3 Å². The number of ether oxygens (including phenoxy) is 1. The number of nitrogens with zero attached hydrogens (tertiary/aromatic N) is 5. The van der Waals surface area contributed by atoms with Gasteiger partial charge in [-0.1, -0.05) is 11.6 Å². The molecular formula is C20H23ClN6O5. The van der Waals surface area contributed by atoms with E-state index in [1.54, 1.807) is 12.3 Å². The zero-order chi connectivity index (χ0) is 22.6. The predicted molar refractivity (Wildman–Crippen MR) is 114 cm³/mol. The first-order valence-corrected chi connectivity index (χ1v) is 10.8. The lowest BCUT2D eigenvalue weighted by molar-refractivity contribution is -0.144. The Labute approximate surface area is 188 Å². The molecule has 4 unspecified atom stereocenters. The van der Waals surface area contributed by atoms with Crippen molar-refractivity contribution in [2.75, 3.05) is 5.32 Å². The fourth-order valence-electron chi connectivity index (χ4n) is 4.39. The summed E-state index contributed by atoms with van der Waals surface area (Å²) < 4.78 is 6.66. The van der Waals surface area contributed by atoms with Gasteiger partial charge in [0.2, 0.25) is 5.95 Å². The van der Waals surface area contributed by atoms with Crippen molar-refractivity contribution in [3.63, 3.8) is 0 Å². The molecular weight excluding hydrogens is 440 g/mol. The maximum Gasteiger partial charge on any atom is 0.326 e. The lowest BCUT2D eigenvalue weighted by Crippen LogP contribution is -2.43. The number of rotatable bonds is 6. The number of aliphatic hydroxyl groups excluding tert-OH is 2. The molecule has 2 aromatic heterocycles. The Morgan fingerprint density at radius 1 is 1.38 bits per heavy atom. The van der Waals surface area contributed by atoms with E-state index in [1.165, 1.54) is 29.0 Å². The van der Waals surface area contributed by atoms with Crippen molar-refractivity contribution in [3.8, 4) is 11.3 Å². The third-order valence-corrected chi connectivity index (χ3v) is 6.56. The molecule has 2 aromatic rings. The molecule has 12 heteroatoms. The second-order valence-corrected chi connectivity index (χ2v) is 8.77. The number of anilines is 1. The highest BCUT2D eigenvalue weighted by Crippen LogP contribution is 2.39. The van der Waals surface area contributed by atoms with Crippen molar-refractivity contribution in [3.05, 3.63) is 29.2 Å². The van der Waals surface area contributed by atoms with Gasteiger partial charge in [0.25, 0.3) is 0 Å². The molecule has 4 heterocycles. The summed E-state index contributed by atoms with van der Waals surface area (Å²) in [5, 5.41) is 37.3. The van der Waals surface area contributed by atoms with Crippen molar-refractivity contribution in [2.24, 2.45) is 11.0 Å². The summed E-state index contributed by atoms with van der Waals surface area (Å²) in [6.07, 6.45) is 5.37. The first-order valence-electron chi connectivity index (χ1n) is 10.4. The van der Waals surface area contributed by atoms with Gasteiger partial charge in [-0.2, -0.15) is 5.10 Å². The Morgan fingerprint density at radius 3 is 2.88 bits per heavy atom. The lowest BCUT2D eigenvalue weighted by atomic mass is 10.0. The molecule has 0 amide bonds. The van der Waals surface area contributed by atoms with Gasteiger partial charge in [0.05, 0.1) is 22.6 Å². The summed E-state index contributed by atoms with van der Waals surface area (Å²) in [6.45, 7) is 1.47. The predicted octanol–water partition coefficient (Wildman–Crippen LogP) is 1.47.